The predicted octanol–water partition coefficient (Wildman–Crippen LogP) is 9.20. The van der Waals surface area contributed by atoms with Gasteiger partial charge in [0, 0.05) is 44.0 Å². The number of benzene rings is 7. The summed E-state index contributed by atoms with van der Waals surface area (Å²) < 4.78 is 0. The predicted molar refractivity (Wildman–Crippen MR) is 169 cm³/mol. The van der Waals surface area contributed by atoms with Crippen LogP contribution in [0.15, 0.2) is 119 Å². The highest BCUT2D eigenvalue weighted by molar-refractivity contribution is 6.49. The van der Waals surface area contributed by atoms with E-state index in [1.807, 2.05) is 91.0 Å². The molecular weight excluding hydrogens is 539 g/mol. The van der Waals surface area contributed by atoms with Crippen molar-refractivity contribution >= 4 is 78.3 Å². The average Bonchev–Trinajstić information content (AvgIpc) is 2.99. The molecule has 0 saturated carbocycles. The molecule has 0 aliphatic carbocycles. The molecule has 0 radical (unpaired) electrons. The molecule has 0 unspecified atom stereocenters. The normalized spacial score (nSPS) is 11.4. The Morgan fingerprint density at radius 2 is 1.10 bits per heavy atom. The van der Waals surface area contributed by atoms with Crippen LogP contribution in [0, 0.1) is 0 Å². The molecule has 0 aliphatic heterocycles. The number of anilines is 4. The summed E-state index contributed by atoms with van der Waals surface area (Å²) in [4.78, 5) is 25.8. The number of rotatable bonds is 5. The molecule has 7 aromatic rings. The first-order valence-electron chi connectivity index (χ1n) is 12.8. The van der Waals surface area contributed by atoms with Crippen LogP contribution in [0.2, 0.25) is 10.0 Å². The third-order valence-electron chi connectivity index (χ3n) is 7.31. The Morgan fingerprint density at radius 1 is 0.475 bits per heavy atom. The summed E-state index contributed by atoms with van der Waals surface area (Å²) in [6.45, 7) is 0. The van der Waals surface area contributed by atoms with Gasteiger partial charge in [-0.15, -0.1) is 0 Å². The largest absolute Gasteiger partial charge is 0.355 e. The molecule has 0 heterocycles. The van der Waals surface area contributed by atoms with Gasteiger partial charge < -0.3 is 10.6 Å². The Kier molecular flexibility index (Phi) is 5.81. The van der Waals surface area contributed by atoms with E-state index >= 15 is 0 Å². The van der Waals surface area contributed by atoms with Crippen molar-refractivity contribution in [3.05, 3.63) is 140 Å². The van der Waals surface area contributed by atoms with Gasteiger partial charge in [0.05, 0.1) is 10.7 Å². The topological polar surface area (TPSA) is 58.2 Å². The Morgan fingerprint density at radius 3 is 1.82 bits per heavy atom. The minimum Gasteiger partial charge on any atom is -0.355 e. The van der Waals surface area contributed by atoms with E-state index < -0.39 is 10.9 Å². The van der Waals surface area contributed by atoms with Crippen LogP contribution in [0.4, 0.5) is 22.7 Å². The maximum atomic E-state index is 13.0. The molecule has 0 spiro atoms. The fourth-order valence-electron chi connectivity index (χ4n) is 5.43. The van der Waals surface area contributed by atoms with Gasteiger partial charge in [-0.2, -0.15) is 0 Å². The summed E-state index contributed by atoms with van der Waals surface area (Å²) in [5.41, 5.74) is 3.92. The molecule has 0 fully saturated rings. The second-order valence-electron chi connectivity index (χ2n) is 9.67. The van der Waals surface area contributed by atoms with E-state index in [1.165, 1.54) is 0 Å². The van der Waals surface area contributed by atoms with E-state index in [0.29, 0.717) is 21.8 Å². The Hall–Kier alpha value is -4.64. The number of halogens is 2. The van der Waals surface area contributed by atoms with Gasteiger partial charge in [0.1, 0.15) is 5.02 Å². The van der Waals surface area contributed by atoms with Crippen molar-refractivity contribution in [1.82, 2.24) is 0 Å². The van der Waals surface area contributed by atoms with Gasteiger partial charge in [0.25, 0.3) is 0 Å². The summed E-state index contributed by atoms with van der Waals surface area (Å²) in [5.74, 6) is 0. The quantitative estimate of drug-likeness (QED) is 0.163. The third-order valence-corrected chi connectivity index (χ3v) is 8.05. The standard InChI is InChI=1S/C34H20Cl2N2O2/c35-30-29-27-24(33(39)34(40)31(29)36)17-13-21-14-18-25(37-22-9-5-2-6-10-22)28(26(21)27)32(30)38-23-15-11-20(12-16-23)19-7-3-1-4-8-19/h1-18,37-38H. The van der Waals surface area contributed by atoms with E-state index in [0.717, 1.165) is 44.3 Å². The van der Waals surface area contributed by atoms with Crippen molar-refractivity contribution < 1.29 is 0 Å². The average molecular weight is 559 g/mol. The molecule has 7 rings (SSSR count). The Balaban J connectivity index is 1.51. The van der Waals surface area contributed by atoms with Gasteiger partial charge in [-0.05, 0) is 52.9 Å². The smallest absolute Gasteiger partial charge is 0.245 e. The molecule has 2 N–H and O–H groups in total. The highest BCUT2D eigenvalue weighted by Crippen LogP contribution is 2.48. The Bertz CT molecular complexity index is 2150. The number of hydrogen-bond donors (Lipinski definition) is 2. The SMILES string of the molecule is O=c1c(Cl)c2c(Cl)c(Nc3ccc(-c4ccccc4)cc3)c3c(Nc4ccccc4)ccc4ccc(c1=O)c2c43. The lowest BCUT2D eigenvalue weighted by atomic mass is 9.91. The first kappa shape index (κ1) is 24.4. The van der Waals surface area contributed by atoms with E-state index in [1.54, 1.807) is 6.07 Å². The molecule has 192 valence electrons. The zero-order valence-corrected chi connectivity index (χ0v) is 22.5. The number of nitrogens with one attached hydrogen (secondary N) is 2. The van der Waals surface area contributed by atoms with Gasteiger partial charge in [-0.3, -0.25) is 9.59 Å². The molecule has 0 bridgehead atoms. The zero-order chi connectivity index (χ0) is 27.4. The van der Waals surface area contributed by atoms with Crippen LogP contribution in [0.1, 0.15) is 0 Å². The number of hydrogen-bond acceptors (Lipinski definition) is 4. The van der Waals surface area contributed by atoms with Crippen LogP contribution < -0.4 is 21.5 Å². The monoisotopic (exact) mass is 558 g/mol. The van der Waals surface area contributed by atoms with E-state index in [9.17, 15) is 9.59 Å². The maximum absolute atomic E-state index is 13.0. The van der Waals surface area contributed by atoms with Crippen molar-refractivity contribution in [2.45, 2.75) is 0 Å². The lowest BCUT2D eigenvalue weighted by molar-refractivity contribution is 1.54. The van der Waals surface area contributed by atoms with Crippen LogP contribution in [0.3, 0.4) is 0 Å². The molecule has 6 heteroatoms. The minimum absolute atomic E-state index is 0.166. The lowest BCUT2D eigenvalue weighted by Gasteiger charge is -2.21. The van der Waals surface area contributed by atoms with Crippen LogP contribution >= 0.6 is 23.2 Å². The molecule has 0 atom stereocenters. The van der Waals surface area contributed by atoms with Crippen LogP contribution in [-0.4, -0.2) is 0 Å². The minimum atomic E-state index is -0.754. The molecule has 40 heavy (non-hydrogen) atoms. The van der Waals surface area contributed by atoms with Gasteiger partial charge in [-0.1, -0.05) is 96.0 Å². The van der Waals surface area contributed by atoms with Crippen LogP contribution in [0.5, 0.6) is 0 Å². The van der Waals surface area contributed by atoms with Gasteiger partial charge in [-0.25, -0.2) is 0 Å². The maximum Gasteiger partial charge on any atom is 0.245 e. The molecule has 4 nitrogen and oxygen atoms in total. The lowest BCUT2D eigenvalue weighted by Crippen LogP contribution is -2.24. The van der Waals surface area contributed by atoms with Crippen molar-refractivity contribution in [3.8, 4) is 11.1 Å². The van der Waals surface area contributed by atoms with Crippen LogP contribution in [0.25, 0.3) is 43.4 Å². The molecular formula is C34H20Cl2N2O2. The fourth-order valence-corrected chi connectivity index (χ4v) is 6.09. The summed E-state index contributed by atoms with van der Waals surface area (Å²) >= 11 is 13.7. The third kappa shape index (κ3) is 3.84. The second-order valence-corrected chi connectivity index (χ2v) is 10.4. The molecule has 0 saturated heterocycles. The summed E-state index contributed by atoms with van der Waals surface area (Å²) in [7, 11) is 0. The van der Waals surface area contributed by atoms with Crippen molar-refractivity contribution in [2.75, 3.05) is 10.6 Å². The van der Waals surface area contributed by atoms with E-state index in [-0.39, 0.29) is 10.0 Å². The Labute approximate surface area is 239 Å². The van der Waals surface area contributed by atoms with Crippen molar-refractivity contribution in [3.63, 3.8) is 0 Å². The molecule has 0 aromatic heterocycles. The van der Waals surface area contributed by atoms with Gasteiger partial charge in [0.15, 0.2) is 0 Å². The van der Waals surface area contributed by atoms with Gasteiger partial charge >= 0.3 is 0 Å². The van der Waals surface area contributed by atoms with E-state index in [4.69, 9.17) is 23.2 Å². The highest BCUT2D eigenvalue weighted by Gasteiger charge is 2.24. The first-order valence-corrected chi connectivity index (χ1v) is 13.5. The van der Waals surface area contributed by atoms with Gasteiger partial charge in [0.2, 0.25) is 10.9 Å². The molecule has 7 aromatic carbocycles. The van der Waals surface area contributed by atoms with Crippen molar-refractivity contribution in [2.24, 2.45) is 0 Å². The van der Waals surface area contributed by atoms with E-state index in [2.05, 4.69) is 22.8 Å². The summed E-state index contributed by atoms with van der Waals surface area (Å²) in [5, 5.41) is 10.9. The molecule has 0 amide bonds. The summed E-state index contributed by atoms with van der Waals surface area (Å²) in [6, 6.07) is 35.5. The molecule has 0 aliphatic rings. The number of para-hydroxylation sites is 1. The summed E-state index contributed by atoms with van der Waals surface area (Å²) in [6.07, 6.45) is 0. The second kappa shape index (κ2) is 9.53. The fraction of sp³-hybridized carbons (Fsp3) is 0. The highest BCUT2D eigenvalue weighted by atomic mass is 35.5. The first-order chi connectivity index (χ1) is 19.5. The van der Waals surface area contributed by atoms with Crippen LogP contribution in [-0.2, 0) is 0 Å². The van der Waals surface area contributed by atoms with Crippen molar-refractivity contribution in [1.29, 1.82) is 0 Å². The zero-order valence-electron chi connectivity index (χ0n) is 21.0.